The highest BCUT2D eigenvalue weighted by Crippen LogP contribution is 2.55. The van der Waals surface area contributed by atoms with Gasteiger partial charge in [-0.15, -0.1) is 0 Å². The number of aliphatic hydroxyl groups is 4. The van der Waals surface area contributed by atoms with E-state index in [1.54, 1.807) is 0 Å². The third-order valence-electron chi connectivity index (χ3n) is 7.98. The Kier molecular flexibility index (Phi) is 8.85. The standard InChI is InChI=1S/C34H54O4/c1-22-17-25(31(8,9)10)28(26(18-22)32(11,12)13)34(38,33(19-35,20-36)21-37)27-23(29(2,3)4)15-14-16-24(27)30(5,6)7/h14-18,35-38H,19-21H2,1-13H3. The quantitative estimate of drug-likeness (QED) is 0.352. The van der Waals surface area contributed by atoms with E-state index >= 15 is 0 Å². The average molecular weight is 527 g/mol. The van der Waals surface area contributed by atoms with Crippen molar-refractivity contribution < 1.29 is 20.4 Å². The first kappa shape index (κ1) is 32.5. The molecule has 0 aliphatic heterocycles. The molecule has 0 saturated carbocycles. The van der Waals surface area contributed by atoms with Crippen LogP contribution >= 0.6 is 0 Å². The minimum atomic E-state index is -1.92. The molecule has 0 bridgehead atoms. The second-order valence-corrected chi connectivity index (χ2v) is 15.4. The molecular weight excluding hydrogens is 472 g/mol. The third kappa shape index (κ3) is 5.61. The van der Waals surface area contributed by atoms with Gasteiger partial charge >= 0.3 is 0 Å². The zero-order valence-corrected chi connectivity index (χ0v) is 26.3. The Morgan fingerprint density at radius 2 is 0.816 bits per heavy atom. The number of hydrogen-bond donors (Lipinski definition) is 4. The van der Waals surface area contributed by atoms with E-state index in [4.69, 9.17) is 0 Å². The van der Waals surface area contributed by atoms with Gasteiger partial charge in [0.2, 0.25) is 0 Å². The number of rotatable bonds is 6. The van der Waals surface area contributed by atoms with Crippen molar-refractivity contribution in [1.29, 1.82) is 0 Å². The molecule has 0 amide bonds. The molecule has 0 aromatic heterocycles. The molecule has 0 aliphatic carbocycles. The molecule has 4 heteroatoms. The van der Waals surface area contributed by atoms with E-state index in [0.29, 0.717) is 11.1 Å². The SMILES string of the molecule is Cc1cc(C(C)(C)C)c(C(O)(c2c(C(C)(C)C)cccc2C(C)(C)C)C(CO)(CO)CO)c(C(C)(C)C)c1. The lowest BCUT2D eigenvalue weighted by Gasteiger charge is -2.51. The molecule has 4 N–H and O–H groups in total. The molecular formula is C34H54O4. The molecule has 2 aromatic carbocycles. The minimum absolute atomic E-state index is 0.370. The van der Waals surface area contributed by atoms with Crippen molar-refractivity contribution in [3.05, 3.63) is 69.3 Å². The highest BCUT2D eigenvalue weighted by atomic mass is 16.3. The topological polar surface area (TPSA) is 80.9 Å². The monoisotopic (exact) mass is 526 g/mol. The van der Waals surface area contributed by atoms with Crippen molar-refractivity contribution in [1.82, 2.24) is 0 Å². The first-order valence-electron chi connectivity index (χ1n) is 13.9. The predicted molar refractivity (Wildman–Crippen MR) is 159 cm³/mol. The van der Waals surface area contributed by atoms with Crippen LogP contribution in [0.1, 0.15) is 122 Å². The summed E-state index contributed by atoms with van der Waals surface area (Å²) < 4.78 is 0. The van der Waals surface area contributed by atoms with Gasteiger partial charge < -0.3 is 20.4 Å². The smallest absolute Gasteiger partial charge is 0.128 e. The zero-order valence-electron chi connectivity index (χ0n) is 26.3. The summed E-state index contributed by atoms with van der Waals surface area (Å²) in [6.45, 7) is 25.7. The summed E-state index contributed by atoms with van der Waals surface area (Å²) in [6, 6.07) is 10.3. The Balaban J connectivity index is 3.52. The highest BCUT2D eigenvalue weighted by Gasteiger charge is 2.57. The molecule has 2 rings (SSSR count). The first-order valence-corrected chi connectivity index (χ1v) is 13.9. The van der Waals surface area contributed by atoms with Gasteiger partial charge in [-0.3, -0.25) is 0 Å². The van der Waals surface area contributed by atoms with E-state index in [-0.39, 0.29) is 21.7 Å². The fourth-order valence-electron chi connectivity index (χ4n) is 5.70. The van der Waals surface area contributed by atoms with Crippen LogP contribution in [0.2, 0.25) is 0 Å². The zero-order chi connectivity index (χ0) is 29.7. The van der Waals surface area contributed by atoms with Crippen molar-refractivity contribution in [2.24, 2.45) is 5.41 Å². The second kappa shape index (κ2) is 10.4. The van der Waals surface area contributed by atoms with Gasteiger partial charge in [0.1, 0.15) is 5.60 Å². The summed E-state index contributed by atoms with van der Waals surface area (Å²) >= 11 is 0. The van der Waals surface area contributed by atoms with Crippen LogP contribution in [0.4, 0.5) is 0 Å². The van der Waals surface area contributed by atoms with Gasteiger partial charge in [0.05, 0.1) is 25.2 Å². The van der Waals surface area contributed by atoms with Crippen molar-refractivity contribution in [2.45, 2.75) is 117 Å². The van der Waals surface area contributed by atoms with Crippen molar-refractivity contribution in [3.8, 4) is 0 Å². The van der Waals surface area contributed by atoms with E-state index in [1.165, 1.54) is 0 Å². The van der Waals surface area contributed by atoms with Crippen LogP contribution in [-0.4, -0.2) is 40.2 Å². The molecule has 0 heterocycles. The minimum Gasteiger partial charge on any atom is -0.395 e. The first-order chi connectivity index (χ1) is 17.0. The van der Waals surface area contributed by atoms with Crippen LogP contribution < -0.4 is 0 Å². The van der Waals surface area contributed by atoms with E-state index in [0.717, 1.165) is 27.8 Å². The van der Waals surface area contributed by atoms with Crippen molar-refractivity contribution >= 4 is 0 Å². The summed E-state index contributed by atoms with van der Waals surface area (Å²) in [7, 11) is 0. The average Bonchev–Trinajstić information content (AvgIpc) is 2.77. The Labute approximate surface area is 232 Å². The van der Waals surface area contributed by atoms with Gasteiger partial charge in [0.15, 0.2) is 0 Å². The van der Waals surface area contributed by atoms with Gasteiger partial charge in [0, 0.05) is 0 Å². The number of benzene rings is 2. The van der Waals surface area contributed by atoms with Crippen LogP contribution in [0.3, 0.4) is 0 Å². The van der Waals surface area contributed by atoms with E-state index in [2.05, 4.69) is 102 Å². The lowest BCUT2D eigenvalue weighted by Crippen LogP contribution is -2.57. The molecule has 2 aromatic rings. The van der Waals surface area contributed by atoms with Crippen molar-refractivity contribution in [3.63, 3.8) is 0 Å². The number of aryl methyl sites for hydroxylation is 1. The molecule has 4 nitrogen and oxygen atoms in total. The van der Waals surface area contributed by atoms with E-state index in [1.807, 2.05) is 18.2 Å². The molecule has 1 unspecified atom stereocenters. The Bertz CT molecular complexity index is 1050. The molecule has 0 spiro atoms. The Hall–Kier alpha value is -1.72. The van der Waals surface area contributed by atoms with E-state index < -0.39 is 30.8 Å². The lowest BCUT2D eigenvalue weighted by molar-refractivity contribution is -0.138. The molecule has 1 atom stereocenters. The van der Waals surface area contributed by atoms with Crippen LogP contribution in [-0.2, 0) is 27.3 Å². The maximum absolute atomic E-state index is 13.7. The molecule has 0 aliphatic rings. The van der Waals surface area contributed by atoms with Crippen LogP contribution in [0.25, 0.3) is 0 Å². The summed E-state index contributed by atoms with van der Waals surface area (Å²) in [5, 5.41) is 46.6. The number of aliphatic hydroxyl groups excluding tert-OH is 3. The third-order valence-corrected chi connectivity index (χ3v) is 7.98. The summed E-state index contributed by atoms with van der Waals surface area (Å²) in [6.07, 6.45) is 0. The lowest BCUT2D eigenvalue weighted by atomic mass is 9.56. The second-order valence-electron chi connectivity index (χ2n) is 15.4. The highest BCUT2D eigenvalue weighted by molar-refractivity contribution is 5.59. The maximum atomic E-state index is 13.7. The predicted octanol–water partition coefficient (Wildman–Crippen LogP) is 6.38. The normalized spacial score (nSPS) is 15.5. The molecule has 0 fully saturated rings. The van der Waals surface area contributed by atoms with Gasteiger partial charge in [-0.2, -0.15) is 0 Å². The van der Waals surface area contributed by atoms with Gasteiger partial charge in [-0.1, -0.05) is 119 Å². The fourth-order valence-corrected chi connectivity index (χ4v) is 5.70. The Morgan fingerprint density at radius 1 is 0.526 bits per heavy atom. The fraction of sp³-hybridized carbons (Fsp3) is 0.647. The Morgan fingerprint density at radius 3 is 1.08 bits per heavy atom. The molecule has 0 radical (unpaired) electrons. The summed E-state index contributed by atoms with van der Waals surface area (Å²) in [5.74, 6) is 0. The maximum Gasteiger partial charge on any atom is 0.128 e. The van der Waals surface area contributed by atoms with Gasteiger partial charge in [-0.25, -0.2) is 0 Å². The van der Waals surface area contributed by atoms with E-state index in [9.17, 15) is 20.4 Å². The molecule has 214 valence electrons. The molecule has 0 saturated heterocycles. The van der Waals surface area contributed by atoms with Gasteiger partial charge in [0.25, 0.3) is 0 Å². The van der Waals surface area contributed by atoms with Gasteiger partial charge in [-0.05, 0) is 62.0 Å². The number of hydrogen-bond acceptors (Lipinski definition) is 4. The van der Waals surface area contributed by atoms with Crippen molar-refractivity contribution in [2.75, 3.05) is 19.8 Å². The molecule has 38 heavy (non-hydrogen) atoms. The summed E-state index contributed by atoms with van der Waals surface area (Å²) in [4.78, 5) is 0. The van der Waals surface area contributed by atoms with Crippen LogP contribution in [0.5, 0.6) is 0 Å². The largest absolute Gasteiger partial charge is 0.395 e. The summed E-state index contributed by atoms with van der Waals surface area (Å²) in [5.41, 5.74) is 1.06. The van der Waals surface area contributed by atoms with Crippen LogP contribution in [0.15, 0.2) is 30.3 Å². The van der Waals surface area contributed by atoms with Crippen LogP contribution in [0, 0.1) is 12.3 Å².